The van der Waals surface area contributed by atoms with Crippen LogP contribution < -0.4 is 20.1 Å². The number of fused-ring (bicyclic) bond motifs is 1. The van der Waals surface area contributed by atoms with Crippen LogP contribution in [-0.2, 0) is 0 Å². The molecule has 21 heavy (non-hydrogen) atoms. The molecule has 0 spiro atoms. The van der Waals surface area contributed by atoms with Crippen LogP contribution in [0.5, 0.6) is 11.5 Å². The summed E-state index contributed by atoms with van der Waals surface area (Å²) >= 11 is 0. The lowest BCUT2D eigenvalue weighted by molar-refractivity contribution is 0.297. The minimum absolute atomic E-state index is 0.695. The Morgan fingerprint density at radius 2 is 2.00 bits per heavy atom. The molecule has 1 heterocycles. The largest absolute Gasteiger partial charge is 0.490 e. The second-order valence-corrected chi connectivity index (χ2v) is 5.04. The van der Waals surface area contributed by atoms with Gasteiger partial charge in [0.05, 0.1) is 13.2 Å². The molecule has 2 rings (SSSR count). The molecule has 1 aliphatic heterocycles. The first-order valence-corrected chi connectivity index (χ1v) is 7.71. The summed E-state index contributed by atoms with van der Waals surface area (Å²) in [6.07, 6.45) is 4.51. The molecular formula is C16H25N3O2. The van der Waals surface area contributed by atoms with Crippen molar-refractivity contribution in [1.82, 2.24) is 5.32 Å². The van der Waals surface area contributed by atoms with Gasteiger partial charge in [0, 0.05) is 31.8 Å². The number of nitrogens with one attached hydrogen (secondary N) is 2. The van der Waals surface area contributed by atoms with Gasteiger partial charge in [0.25, 0.3) is 0 Å². The van der Waals surface area contributed by atoms with E-state index in [4.69, 9.17) is 9.47 Å². The summed E-state index contributed by atoms with van der Waals surface area (Å²) in [4.78, 5) is 4.23. The molecule has 0 fully saturated rings. The Kier molecular flexibility index (Phi) is 6.19. The second-order valence-electron chi connectivity index (χ2n) is 5.04. The molecule has 2 N–H and O–H groups in total. The van der Waals surface area contributed by atoms with Crippen LogP contribution in [0.2, 0.25) is 0 Å². The van der Waals surface area contributed by atoms with Crippen LogP contribution in [0.15, 0.2) is 23.2 Å². The van der Waals surface area contributed by atoms with Gasteiger partial charge in [-0.05, 0) is 18.6 Å². The van der Waals surface area contributed by atoms with Crippen LogP contribution in [0, 0.1) is 0 Å². The van der Waals surface area contributed by atoms with Crippen molar-refractivity contribution in [3.63, 3.8) is 0 Å². The van der Waals surface area contributed by atoms with Gasteiger partial charge in [-0.1, -0.05) is 19.8 Å². The number of guanidine groups is 1. The predicted octanol–water partition coefficient (Wildman–Crippen LogP) is 3.03. The molecule has 0 aromatic heterocycles. The Morgan fingerprint density at radius 1 is 1.19 bits per heavy atom. The van der Waals surface area contributed by atoms with Crippen molar-refractivity contribution < 1.29 is 9.47 Å². The highest BCUT2D eigenvalue weighted by Gasteiger charge is 2.11. The highest BCUT2D eigenvalue weighted by atomic mass is 16.5. The van der Waals surface area contributed by atoms with Crippen LogP contribution in [0.3, 0.4) is 0 Å². The van der Waals surface area contributed by atoms with Gasteiger partial charge in [-0.3, -0.25) is 4.99 Å². The molecule has 1 aromatic rings. The Labute approximate surface area is 126 Å². The molecular weight excluding hydrogens is 266 g/mol. The van der Waals surface area contributed by atoms with E-state index in [1.165, 1.54) is 12.8 Å². The molecule has 0 unspecified atom stereocenters. The van der Waals surface area contributed by atoms with Crippen molar-refractivity contribution in [2.45, 2.75) is 32.6 Å². The number of benzene rings is 1. The van der Waals surface area contributed by atoms with Gasteiger partial charge < -0.3 is 20.1 Å². The molecule has 1 aliphatic rings. The van der Waals surface area contributed by atoms with Gasteiger partial charge in [-0.15, -0.1) is 0 Å². The normalized spacial score (nSPS) is 14.5. The van der Waals surface area contributed by atoms with Crippen molar-refractivity contribution in [3.05, 3.63) is 18.2 Å². The van der Waals surface area contributed by atoms with Crippen LogP contribution in [0.25, 0.3) is 0 Å². The first kappa shape index (κ1) is 15.5. The number of hydrogen-bond donors (Lipinski definition) is 2. The third-order valence-electron chi connectivity index (χ3n) is 3.31. The standard InChI is InChI=1S/C16H25N3O2/c1-3-4-5-9-18-16(17-2)19-13-7-8-14-15(12-13)21-11-6-10-20-14/h7-8,12H,3-6,9-11H2,1-2H3,(H2,17,18,19). The molecule has 0 amide bonds. The van der Waals surface area contributed by atoms with E-state index in [9.17, 15) is 0 Å². The highest BCUT2D eigenvalue weighted by Crippen LogP contribution is 2.32. The summed E-state index contributed by atoms with van der Waals surface area (Å²) in [6.45, 7) is 4.53. The topological polar surface area (TPSA) is 54.9 Å². The lowest BCUT2D eigenvalue weighted by atomic mass is 10.2. The highest BCUT2D eigenvalue weighted by molar-refractivity contribution is 5.93. The molecule has 5 nitrogen and oxygen atoms in total. The van der Waals surface area contributed by atoms with E-state index in [1.54, 1.807) is 7.05 Å². The Morgan fingerprint density at radius 3 is 2.76 bits per heavy atom. The lowest BCUT2D eigenvalue weighted by Gasteiger charge is -2.13. The number of ether oxygens (including phenoxy) is 2. The summed E-state index contributed by atoms with van der Waals surface area (Å²) in [5.74, 6) is 2.38. The maximum Gasteiger partial charge on any atom is 0.195 e. The van der Waals surface area contributed by atoms with Gasteiger partial charge in [0.15, 0.2) is 17.5 Å². The molecule has 1 aromatic carbocycles. The average molecular weight is 291 g/mol. The SMILES string of the molecule is CCCCCNC(=NC)Nc1ccc2c(c1)OCCCO2. The molecule has 0 bridgehead atoms. The van der Waals surface area contributed by atoms with Crippen molar-refractivity contribution in [1.29, 1.82) is 0 Å². The summed E-state index contributed by atoms with van der Waals surface area (Å²) in [6, 6.07) is 5.87. The number of unbranched alkanes of at least 4 members (excludes halogenated alkanes) is 2. The summed E-state index contributed by atoms with van der Waals surface area (Å²) < 4.78 is 11.3. The first-order chi connectivity index (χ1) is 10.3. The first-order valence-electron chi connectivity index (χ1n) is 7.71. The molecule has 116 valence electrons. The number of rotatable bonds is 5. The lowest BCUT2D eigenvalue weighted by Crippen LogP contribution is -2.31. The van der Waals surface area contributed by atoms with Crippen LogP contribution >= 0.6 is 0 Å². The zero-order valence-electron chi connectivity index (χ0n) is 12.9. The van der Waals surface area contributed by atoms with E-state index < -0.39 is 0 Å². The second kappa shape index (κ2) is 8.39. The van der Waals surface area contributed by atoms with Gasteiger partial charge in [-0.2, -0.15) is 0 Å². The van der Waals surface area contributed by atoms with Crippen molar-refractivity contribution in [3.8, 4) is 11.5 Å². The fraction of sp³-hybridized carbons (Fsp3) is 0.562. The molecule has 0 aliphatic carbocycles. The van der Waals surface area contributed by atoms with E-state index in [2.05, 4.69) is 22.5 Å². The zero-order valence-corrected chi connectivity index (χ0v) is 12.9. The van der Waals surface area contributed by atoms with Crippen LogP contribution in [0.4, 0.5) is 5.69 Å². The molecule has 5 heteroatoms. The maximum atomic E-state index is 5.69. The van der Waals surface area contributed by atoms with Crippen molar-refractivity contribution >= 4 is 11.6 Å². The fourth-order valence-electron chi connectivity index (χ4n) is 2.14. The van der Waals surface area contributed by atoms with E-state index >= 15 is 0 Å². The monoisotopic (exact) mass is 291 g/mol. The molecule has 0 saturated heterocycles. The van der Waals surface area contributed by atoms with Crippen molar-refractivity contribution in [2.75, 3.05) is 32.1 Å². The quantitative estimate of drug-likeness (QED) is 0.497. The minimum atomic E-state index is 0.695. The number of anilines is 1. The van der Waals surface area contributed by atoms with E-state index in [0.717, 1.165) is 42.5 Å². The predicted molar refractivity (Wildman–Crippen MR) is 86.6 cm³/mol. The Bertz CT molecular complexity index is 475. The Hall–Kier alpha value is -1.91. The number of nitrogens with zero attached hydrogens (tertiary/aromatic N) is 1. The Balaban J connectivity index is 1.93. The summed E-state index contributed by atoms with van der Waals surface area (Å²) in [7, 11) is 1.78. The summed E-state index contributed by atoms with van der Waals surface area (Å²) in [5.41, 5.74) is 0.947. The van der Waals surface area contributed by atoms with Gasteiger partial charge >= 0.3 is 0 Å². The van der Waals surface area contributed by atoms with Crippen LogP contribution in [-0.4, -0.2) is 32.8 Å². The third kappa shape index (κ3) is 4.85. The minimum Gasteiger partial charge on any atom is -0.490 e. The number of aliphatic imine (C=N–C) groups is 1. The van der Waals surface area contributed by atoms with E-state index in [-0.39, 0.29) is 0 Å². The third-order valence-corrected chi connectivity index (χ3v) is 3.31. The average Bonchev–Trinajstić information content (AvgIpc) is 2.75. The smallest absolute Gasteiger partial charge is 0.195 e. The molecule has 0 radical (unpaired) electrons. The number of hydrogen-bond acceptors (Lipinski definition) is 3. The fourth-order valence-corrected chi connectivity index (χ4v) is 2.14. The molecule has 0 atom stereocenters. The van der Waals surface area contributed by atoms with E-state index in [0.29, 0.717) is 13.2 Å². The van der Waals surface area contributed by atoms with Gasteiger partial charge in [-0.25, -0.2) is 0 Å². The van der Waals surface area contributed by atoms with Crippen LogP contribution in [0.1, 0.15) is 32.6 Å². The van der Waals surface area contributed by atoms with Crippen molar-refractivity contribution in [2.24, 2.45) is 4.99 Å². The van der Waals surface area contributed by atoms with Gasteiger partial charge in [0.2, 0.25) is 0 Å². The maximum absolute atomic E-state index is 5.69. The summed E-state index contributed by atoms with van der Waals surface area (Å²) in [5, 5.41) is 6.59. The molecule has 0 saturated carbocycles. The zero-order chi connectivity index (χ0) is 14.9. The van der Waals surface area contributed by atoms with Gasteiger partial charge in [0.1, 0.15) is 0 Å². The van der Waals surface area contributed by atoms with E-state index in [1.807, 2.05) is 18.2 Å².